The number of hydrogen-bond donors (Lipinski definition) is 3. The molecular formula is C15H19N3O2. The van der Waals surface area contributed by atoms with Crippen LogP contribution in [0.5, 0.6) is 0 Å². The Morgan fingerprint density at radius 3 is 2.70 bits per heavy atom. The summed E-state index contributed by atoms with van der Waals surface area (Å²) < 4.78 is 0. The van der Waals surface area contributed by atoms with Gasteiger partial charge in [0.2, 0.25) is 11.8 Å². The first-order valence-electron chi connectivity index (χ1n) is 6.64. The predicted molar refractivity (Wildman–Crippen MR) is 76.9 cm³/mol. The molecule has 0 saturated carbocycles. The molecule has 0 unspecified atom stereocenters. The van der Waals surface area contributed by atoms with Crippen LogP contribution in [-0.4, -0.2) is 30.4 Å². The summed E-state index contributed by atoms with van der Waals surface area (Å²) in [6.07, 6.45) is 3.78. The van der Waals surface area contributed by atoms with Gasteiger partial charge in [0.15, 0.2) is 0 Å². The van der Waals surface area contributed by atoms with Gasteiger partial charge in [0.05, 0.1) is 6.04 Å². The average Bonchev–Trinajstić information content (AvgIpc) is 2.63. The first kappa shape index (κ1) is 14.3. The Bertz CT molecular complexity index is 513. The fourth-order valence-electron chi connectivity index (χ4n) is 2.13. The molecule has 0 spiro atoms. The minimum Gasteiger partial charge on any atom is -0.368 e. The topological polar surface area (TPSA) is 84.2 Å². The maximum atomic E-state index is 12.0. The Kier molecular flexibility index (Phi) is 4.53. The predicted octanol–water partition coefficient (Wildman–Crippen LogP) is 0.288. The summed E-state index contributed by atoms with van der Waals surface area (Å²) in [5.74, 6) is -0.487. The van der Waals surface area contributed by atoms with E-state index in [-0.39, 0.29) is 11.8 Å². The number of rotatable bonds is 4. The van der Waals surface area contributed by atoms with Crippen molar-refractivity contribution in [3.05, 3.63) is 48.0 Å². The van der Waals surface area contributed by atoms with E-state index < -0.39 is 18.0 Å². The molecule has 0 aromatic heterocycles. The van der Waals surface area contributed by atoms with Crippen LogP contribution in [0.15, 0.2) is 42.5 Å². The number of nitrogens with one attached hydrogen (secondary N) is 2. The molecule has 0 saturated heterocycles. The van der Waals surface area contributed by atoms with Crippen molar-refractivity contribution in [3.63, 3.8) is 0 Å². The smallest absolute Gasteiger partial charge is 0.241 e. The second kappa shape index (κ2) is 6.34. The van der Waals surface area contributed by atoms with Crippen LogP contribution in [0.2, 0.25) is 0 Å². The molecule has 1 aromatic rings. The minimum absolute atomic E-state index is 0.135. The van der Waals surface area contributed by atoms with E-state index in [1.165, 1.54) is 0 Å². The lowest BCUT2D eigenvalue weighted by molar-refractivity contribution is -0.123. The summed E-state index contributed by atoms with van der Waals surface area (Å²) >= 11 is 0. The molecule has 3 atom stereocenters. The lowest BCUT2D eigenvalue weighted by atomic mass is 9.99. The number of primary amides is 1. The van der Waals surface area contributed by atoms with Crippen LogP contribution >= 0.6 is 0 Å². The normalized spacial score (nSPS) is 23.8. The molecular weight excluding hydrogens is 254 g/mol. The molecule has 4 N–H and O–H groups in total. The summed E-state index contributed by atoms with van der Waals surface area (Å²) in [4.78, 5) is 23.0. The third-order valence-corrected chi connectivity index (χ3v) is 3.40. The van der Waals surface area contributed by atoms with Gasteiger partial charge in [0.25, 0.3) is 0 Å². The molecule has 106 valence electrons. The molecule has 1 aliphatic rings. The van der Waals surface area contributed by atoms with Crippen molar-refractivity contribution in [1.82, 2.24) is 10.6 Å². The Hall–Kier alpha value is -2.14. The van der Waals surface area contributed by atoms with Gasteiger partial charge in [0.1, 0.15) is 6.04 Å². The van der Waals surface area contributed by atoms with E-state index in [1.54, 1.807) is 13.0 Å². The van der Waals surface area contributed by atoms with Crippen LogP contribution in [-0.2, 0) is 9.59 Å². The minimum atomic E-state index is -0.552. The Balaban J connectivity index is 2.10. The highest BCUT2D eigenvalue weighted by Crippen LogP contribution is 2.18. The molecule has 20 heavy (non-hydrogen) atoms. The molecule has 2 rings (SSSR count). The standard InChI is InChI=1S/C15H19N3O2/c1-10(14(16)19)18-13-8-7-12(9-17-15(13)20)11-5-3-2-4-6-11/h2-8,10,12-13,18H,9H2,1H3,(H2,16,19)(H,17,20)/t10-,12+,13-/m0/s1. The molecule has 0 bridgehead atoms. The van der Waals surface area contributed by atoms with E-state index in [1.807, 2.05) is 36.4 Å². The molecule has 2 amide bonds. The van der Waals surface area contributed by atoms with Gasteiger partial charge in [-0.25, -0.2) is 0 Å². The maximum Gasteiger partial charge on any atom is 0.241 e. The molecule has 5 nitrogen and oxygen atoms in total. The van der Waals surface area contributed by atoms with Crippen molar-refractivity contribution in [2.24, 2.45) is 5.73 Å². The van der Waals surface area contributed by atoms with Crippen LogP contribution in [0.1, 0.15) is 18.4 Å². The van der Waals surface area contributed by atoms with Crippen LogP contribution in [0.3, 0.4) is 0 Å². The highest BCUT2D eigenvalue weighted by Gasteiger charge is 2.23. The lowest BCUT2D eigenvalue weighted by Gasteiger charge is -2.16. The van der Waals surface area contributed by atoms with E-state index in [2.05, 4.69) is 10.6 Å². The second-order valence-electron chi connectivity index (χ2n) is 4.92. The van der Waals surface area contributed by atoms with Gasteiger partial charge in [-0.15, -0.1) is 0 Å². The zero-order valence-corrected chi connectivity index (χ0v) is 11.4. The average molecular weight is 273 g/mol. The Morgan fingerprint density at radius 2 is 2.05 bits per heavy atom. The summed E-state index contributed by atoms with van der Waals surface area (Å²) in [5, 5.41) is 5.78. The molecule has 5 heteroatoms. The highest BCUT2D eigenvalue weighted by atomic mass is 16.2. The number of hydrogen-bond acceptors (Lipinski definition) is 3. The summed E-state index contributed by atoms with van der Waals surface area (Å²) in [7, 11) is 0. The highest BCUT2D eigenvalue weighted by molar-refractivity contribution is 5.86. The van der Waals surface area contributed by atoms with Crippen LogP contribution < -0.4 is 16.4 Å². The van der Waals surface area contributed by atoms with Gasteiger partial charge in [-0.1, -0.05) is 42.5 Å². The first-order valence-corrected chi connectivity index (χ1v) is 6.64. The summed E-state index contributed by atoms with van der Waals surface area (Å²) in [6.45, 7) is 2.19. The van der Waals surface area contributed by atoms with Crippen molar-refractivity contribution in [2.45, 2.75) is 24.9 Å². The second-order valence-corrected chi connectivity index (χ2v) is 4.92. The van der Waals surface area contributed by atoms with Crippen molar-refractivity contribution < 1.29 is 9.59 Å². The monoisotopic (exact) mass is 273 g/mol. The molecule has 0 aliphatic carbocycles. The third kappa shape index (κ3) is 3.45. The number of carbonyl (C=O) groups is 2. The van der Waals surface area contributed by atoms with Gasteiger partial charge in [-0.3, -0.25) is 14.9 Å². The fourth-order valence-corrected chi connectivity index (χ4v) is 2.13. The van der Waals surface area contributed by atoms with Gasteiger partial charge >= 0.3 is 0 Å². The largest absolute Gasteiger partial charge is 0.368 e. The zero-order valence-electron chi connectivity index (χ0n) is 11.4. The van der Waals surface area contributed by atoms with E-state index in [0.717, 1.165) is 5.56 Å². The van der Waals surface area contributed by atoms with Crippen LogP contribution in [0.4, 0.5) is 0 Å². The van der Waals surface area contributed by atoms with Gasteiger partial charge in [-0.05, 0) is 12.5 Å². The van der Waals surface area contributed by atoms with Crippen LogP contribution in [0.25, 0.3) is 0 Å². The molecule has 1 aromatic carbocycles. The Labute approximate surface area is 118 Å². The molecule has 1 heterocycles. The number of amides is 2. The third-order valence-electron chi connectivity index (χ3n) is 3.40. The first-order chi connectivity index (χ1) is 9.58. The quantitative estimate of drug-likeness (QED) is 0.689. The Morgan fingerprint density at radius 1 is 1.35 bits per heavy atom. The van der Waals surface area contributed by atoms with Crippen molar-refractivity contribution in [1.29, 1.82) is 0 Å². The van der Waals surface area contributed by atoms with Gasteiger partial charge < -0.3 is 11.1 Å². The maximum absolute atomic E-state index is 12.0. The summed E-state index contributed by atoms with van der Waals surface area (Å²) in [6, 6.07) is 8.88. The van der Waals surface area contributed by atoms with E-state index in [9.17, 15) is 9.59 Å². The van der Waals surface area contributed by atoms with Gasteiger partial charge in [0, 0.05) is 12.5 Å². The summed E-state index contributed by atoms with van der Waals surface area (Å²) in [5.41, 5.74) is 6.34. The number of nitrogens with two attached hydrogens (primary N) is 1. The van der Waals surface area contributed by atoms with Crippen molar-refractivity contribution >= 4 is 11.8 Å². The van der Waals surface area contributed by atoms with Crippen molar-refractivity contribution in [2.75, 3.05) is 6.54 Å². The van der Waals surface area contributed by atoms with E-state index in [4.69, 9.17) is 5.73 Å². The van der Waals surface area contributed by atoms with E-state index in [0.29, 0.717) is 6.54 Å². The molecule has 0 radical (unpaired) electrons. The zero-order chi connectivity index (χ0) is 14.5. The molecule has 1 aliphatic heterocycles. The number of carbonyl (C=O) groups excluding carboxylic acids is 2. The van der Waals surface area contributed by atoms with Crippen LogP contribution in [0, 0.1) is 0 Å². The lowest BCUT2D eigenvalue weighted by Crippen LogP contribution is -2.50. The van der Waals surface area contributed by atoms with E-state index >= 15 is 0 Å². The van der Waals surface area contributed by atoms with Gasteiger partial charge in [-0.2, -0.15) is 0 Å². The SMILES string of the molecule is C[C@H](N[C@H]1C=C[C@@H](c2ccccc2)CNC1=O)C(N)=O. The fraction of sp³-hybridized carbons (Fsp3) is 0.333. The molecule has 0 fully saturated rings. The van der Waals surface area contributed by atoms with Crippen molar-refractivity contribution in [3.8, 4) is 0 Å². The number of benzene rings is 1.